The number of fused-ring (bicyclic) bond motifs is 1. The van der Waals surface area contributed by atoms with Crippen molar-refractivity contribution in [3.05, 3.63) is 69.6 Å². The highest BCUT2D eigenvalue weighted by Gasteiger charge is 2.20. The molecule has 168 valence electrons. The number of nitrogens with one attached hydrogen (secondary N) is 2. The maximum absolute atomic E-state index is 12.8. The minimum Gasteiger partial charge on any atom is -0.479 e. The van der Waals surface area contributed by atoms with E-state index in [-0.39, 0.29) is 11.3 Å². The van der Waals surface area contributed by atoms with Crippen LogP contribution in [0.2, 0.25) is 5.02 Å². The van der Waals surface area contributed by atoms with E-state index in [2.05, 4.69) is 22.9 Å². The summed E-state index contributed by atoms with van der Waals surface area (Å²) >= 11 is 6.05. The molecule has 1 unspecified atom stereocenters. The molecule has 9 heteroatoms. The molecule has 0 aliphatic carbocycles. The van der Waals surface area contributed by atoms with Crippen molar-refractivity contribution in [1.82, 2.24) is 20.6 Å². The van der Waals surface area contributed by atoms with E-state index in [1.807, 2.05) is 0 Å². The zero-order chi connectivity index (χ0) is 23.1. The summed E-state index contributed by atoms with van der Waals surface area (Å²) in [5.74, 6) is -0.850. The van der Waals surface area contributed by atoms with E-state index in [1.165, 1.54) is 11.6 Å². The van der Waals surface area contributed by atoms with Gasteiger partial charge in [0.2, 0.25) is 0 Å². The van der Waals surface area contributed by atoms with Crippen molar-refractivity contribution >= 4 is 34.2 Å². The summed E-state index contributed by atoms with van der Waals surface area (Å²) in [7, 11) is 0. The van der Waals surface area contributed by atoms with Crippen LogP contribution < -0.4 is 21.1 Å². The summed E-state index contributed by atoms with van der Waals surface area (Å²) in [6.07, 6.45) is 1.80. The molecule has 32 heavy (non-hydrogen) atoms. The number of benzene rings is 2. The predicted octanol–water partition coefficient (Wildman–Crippen LogP) is 3.47. The van der Waals surface area contributed by atoms with Crippen molar-refractivity contribution in [2.75, 3.05) is 0 Å². The molecule has 0 aliphatic heterocycles. The van der Waals surface area contributed by atoms with Gasteiger partial charge in [-0.05, 0) is 31.5 Å². The second-order valence-corrected chi connectivity index (χ2v) is 7.67. The van der Waals surface area contributed by atoms with E-state index in [1.54, 1.807) is 48.5 Å². The van der Waals surface area contributed by atoms with Crippen molar-refractivity contribution in [1.29, 1.82) is 0 Å². The number of aryl methyl sites for hydroxylation is 1. The number of hydrogen-bond acceptors (Lipinski definition) is 5. The second kappa shape index (κ2) is 10.8. The number of aromatic nitrogens is 2. The number of para-hydroxylation sites is 1. The van der Waals surface area contributed by atoms with Crippen LogP contribution in [0.15, 0.2) is 53.3 Å². The number of hydrogen-bond donors (Lipinski definition) is 2. The Morgan fingerprint density at radius 2 is 1.75 bits per heavy atom. The molecule has 0 bridgehead atoms. The molecular formula is C23H25ClN4O4. The van der Waals surface area contributed by atoms with E-state index >= 15 is 0 Å². The van der Waals surface area contributed by atoms with Crippen LogP contribution in [0.1, 0.15) is 43.6 Å². The average Bonchev–Trinajstić information content (AvgIpc) is 2.80. The lowest BCUT2D eigenvalue weighted by atomic mass is 10.1. The molecule has 0 saturated heterocycles. The topological polar surface area (TPSA) is 102 Å². The molecule has 8 nitrogen and oxygen atoms in total. The van der Waals surface area contributed by atoms with Gasteiger partial charge in [0, 0.05) is 11.9 Å². The van der Waals surface area contributed by atoms with Gasteiger partial charge >= 0.3 is 0 Å². The number of rotatable bonds is 8. The van der Waals surface area contributed by atoms with Crippen molar-refractivity contribution in [3.63, 3.8) is 0 Å². The maximum atomic E-state index is 12.8. The Hall–Kier alpha value is -3.39. The summed E-state index contributed by atoms with van der Waals surface area (Å²) in [5.41, 5.74) is 4.50. The van der Waals surface area contributed by atoms with Crippen LogP contribution >= 0.6 is 11.6 Å². The Balaban J connectivity index is 1.74. The van der Waals surface area contributed by atoms with Crippen LogP contribution in [0.3, 0.4) is 0 Å². The van der Waals surface area contributed by atoms with Gasteiger partial charge in [-0.1, -0.05) is 61.7 Å². The van der Waals surface area contributed by atoms with Crippen LogP contribution in [0.5, 0.6) is 5.75 Å². The first kappa shape index (κ1) is 23.3. The molecule has 3 rings (SSSR count). The fraction of sp³-hybridized carbons (Fsp3) is 0.304. The molecule has 2 N–H and O–H groups in total. The minimum absolute atomic E-state index is 0.0525. The number of ether oxygens (including phenoxy) is 1. The fourth-order valence-corrected chi connectivity index (χ4v) is 3.31. The minimum atomic E-state index is -0.914. The zero-order valence-corrected chi connectivity index (χ0v) is 18.7. The number of carbonyl (C=O) groups is 2. The number of carbonyl (C=O) groups excluding carboxylic acids is 2. The van der Waals surface area contributed by atoms with E-state index in [9.17, 15) is 14.4 Å². The molecule has 2 aromatic carbocycles. The number of unbranched alkanes of at least 4 members (excludes halogenated alkanes) is 2. The van der Waals surface area contributed by atoms with Gasteiger partial charge in [0.15, 0.2) is 11.8 Å². The number of nitrogens with zero attached hydrogens (tertiary/aromatic N) is 2. The molecular weight excluding hydrogens is 432 g/mol. The number of halogens is 1. The van der Waals surface area contributed by atoms with Crippen molar-refractivity contribution in [2.24, 2.45) is 0 Å². The smallest absolute Gasteiger partial charge is 0.290 e. The number of amides is 2. The van der Waals surface area contributed by atoms with E-state index < -0.39 is 17.9 Å². The standard InChI is InChI=1S/C23H25ClN4O4/c1-3-4-9-14-28-23(31)17-11-6-5-10-16(17)20(27-28)22(30)26-25-21(29)15(2)32-19-13-8-7-12-18(19)24/h5-8,10-13,15H,3-4,9,14H2,1-2H3,(H,25,29)(H,26,30). The summed E-state index contributed by atoms with van der Waals surface area (Å²) in [5, 5.41) is 5.45. The lowest BCUT2D eigenvalue weighted by molar-refractivity contribution is -0.128. The molecule has 0 fully saturated rings. The van der Waals surface area contributed by atoms with Crippen LogP contribution in [0.25, 0.3) is 10.8 Å². The molecule has 2 amide bonds. The van der Waals surface area contributed by atoms with Gasteiger partial charge in [-0.3, -0.25) is 25.2 Å². The van der Waals surface area contributed by atoms with Crippen LogP contribution in [0, 0.1) is 0 Å². The van der Waals surface area contributed by atoms with Gasteiger partial charge < -0.3 is 4.74 Å². The lowest BCUT2D eigenvalue weighted by Crippen LogP contribution is -2.47. The van der Waals surface area contributed by atoms with E-state index in [0.717, 1.165) is 19.3 Å². The monoisotopic (exact) mass is 456 g/mol. The Labute approximate surface area is 190 Å². The van der Waals surface area contributed by atoms with Gasteiger partial charge in [-0.2, -0.15) is 5.10 Å². The van der Waals surface area contributed by atoms with Crippen LogP contribution in [-0.4, -0.2) is 27.7 Å². The summed E-state index contributed by atoms with van der Waals surface area (Å²) in [4.78, 5) is 37.9. The lowest BCUT2D eigenvalue weighted by Gasteiger charge is -2.16. The Bertz CT molecular complexity index is 1180. The maximum Gasteiger partial charge on any atom is 0.290 e. The molecule has 3 aromatic rings. The number of hydrazine groups is 1. The molecule has 1 aromatic heterocycles. The van der Waals surface area contributed by atoms with Gasteiger partial charge in [-0.15, -0.1) is 0 Å². The normalized spacial score (nSPS) is 11.7. The largest absolute Gasteiger partial charge is 0.479 e. The summed E-state index contributed by atoms with van der Waals surface area (Å²) < 4.78 is 6.85. The predicted molar refractivity (Wildman–Crippen MR) is 123 cm³/mol. The summed E-state index contributed by atoms with van der Waals surface area (Å²) in [6, 6.07) is 13.5. The van der Waals surface area contributed by atoms with Gasteiger partial charge in [0.25, 0.3) is 17.4 Å². The quantitative estimate of drug-likeness (QED) is 0.399. The van der Waals surface area contributed by atoms with Gasteiger partial charge in [-0.25, -0.2) is 4.68 Å². The third-order valence-corrected chi connectivity index (χ3v) is 5.18. The first-order chi connectivity index (χ1) is 15.4. The Kier molecular flexibility index (Phi) is 7.83. The zero-order valence-electron chi connectivity index (χ0n) is 17.9. The van der Waals surface area contributed by atoms with Gasteiger partial charge in [0.1, 0.15) is 5.75 Å². The van der Waals surface area contributed by atoms with Crippen molar-refractivity contribution < 1.29 is 14.3 Å². The van der Waals surface area contributed by atoms with Crippen molar-refractivity contribution in [2.45, 2.75) is 45.8 Å². The molecule has 0 aliphatic rings. The highest BCUT2D eigenvalue weighted by Crippen LogP contribution is 2.24. The average molecular weight is 457 g/mol. The van der Waals surface area contributed by atoms with Crippen LogP contribution in [0.4, 0.5) is 0 Å². The summed E-state index contributed by atoms with van der Waals surface area (Å²) in [6.45, 7) is 4.01. The first-order valence-electron chi connectivity index (χ1n) is 10.4. The first-order valence-corrected chi connectivity index (χ1v) is 10.8. The molecule has 0 spiro atoms. The Morgan fingerprint density at radius 1 is 1.06 bits per heavy atom. The SMILES string of the molecule is CCCCCn1nc(C(=O)NNC(=O)C(C)Oc2ccccc2Cl)c2ccccc2c1=O. The fourth-order valence-electron chi connectivity index (χ4n) is 3.13. The third-order valence-electron chi connectivity index (χ3n) is 4.87. The van der Waals surface area contributed by atoms with Crippen LogP contribution in [-0.2, 0) is 11.3 Å². The third kappa shape index (κ3) is 5.45. The van der Waals surface area contributed by atoms with Gasteiger partial charge in [0.05, 0.1) is 10.4 Å². The Morgan fingerprint density at radius 3 is 2.47 bits per heavy atom. The van der Waals surface area contributed by atoms with E-state index in [0.29, 0.717) is 28.1 Å². The highest BCUT2D eigenvalue weighted by molar-refractivity contribution is 6.32. The second-order valence-electron chi connectivity index (χ2n) is 7.26. The molecule has 1 heterocycles. The van der Waals surface area contributed by atoms with Crippen molar-refractivity contribution in [3.8, 4) is 5.75 Å². The highest BCUT2D eigenvalue weighted by atomic mass is 35.5. The molecule has 1 atom stereocenters. The van der Waals surface area contributed by atoms with E-state index in [4.69, 9.17) is 16.3 Å². The molecule has 0 radical (unpaired) electrons. The molecule has 0 saturated carbocycles.